The van der Waals surface area contributed by atoms with E-state index < -0.39 is 30.4 Å². The fourth-order valence-corrected chi connectivity index (χ4v) is 15.6. The Morgan fingerprint density at radius 1 is 0.636 bits per heavy atom. The molecule has 9 heteroatoms. The molecule has 0 unspecified atom stereocenters. The minimum atomic E-state index is -2.01. The van der Waals surface area contributed by atoms with E-state index in [9.17, 15) is 9.59 Å². The van der Waals surface area contributed by atoms with Crippen LogP contribution in [0, 0.1) is 23.2 Å². The second kappa shape index (κ2) is 20.1. The standard InChI is InChI=1S/C35H74O6Si3/c1-16-42(17-2,18-3)39-31(27-38-34(37)35(13,14)15)25-28(10)32(40-43(19-4,20-5)21-6)30(12)33(29(11)26-36)41-44(22-7,23-8)24-9/h26,28-33H,16-25,27H2,1-15H3/t28-,29-,30+,31-,32-,33-/m0/s1. The minimum Gasteiger partial charge on any atom is -0.463 e. The van der Waals surface area contributed by atoms with Crippen LogP contribution in [0.3, 0.4) is 0 Å². The molecular weight excluding hydrogens is 601 g/mol. The molecule has 0 saturated heterocycles. The van der Waals surface area contributed by atoms with E-state index in [2.05, 4.69) is 76.2 Å². The van der Waals surface area contributed by atoms with Crippen LogP contribution in [0.5, 0.6) is 0 Å². The van der Waals surface area contributed by atoms with Crippen LogP contribution in [-0.4, -0.2) is 62.1 Å². The molecule has 0 heterocycles. The molecule has 262 valence electrons. The lowest BCUT2D eigenvalue weighted by molar-refractivity contribution is -0.156. The van der Waals surface area contributed by atoms with Crippen LogP contribution < -0.4 is 0 Å². The first-order valence-corrected chi connectivity index (χ1v) is 25.8. The highest BCUT2D eigenvalue weighted by Gasteiger charge is 2.44. The van der Waals surface area contributed by atoms with Crippen molar-refractivity contribution >= 4 is 37.2 Å². The van der Waals surface area contributed by atoms with E-state index >= 15 is 0 Å². The fraction of sp³-hybridized carbons (Fsp3) is 0.943. The van der Waals surface area contributed by atoms with Crippen molar-refractivity contribution in [1.29, 1.82) is 0 Å². The van der Waals surface area contributed by atoms with Crippen LogP contribution in [0.15, 0.2) is 0 Å². The SMILES string of the molecule is CC[Si](CC)(CC)O[C@H](COC(=O)C(C)(C)C)C[C@H](C)[C@H](O[Si](CC)(CC)CC)[C@@H](C)[C@@H](O[Si](CC)(CC)CC)[C@@H](C)C=O. The molecule has 6 nitrogen and oxygen atoms in total. The van der Waals surface area contributed by atoms with Crippen molar-refractivity contribution in [3.63, 3.8) is 0 Å². The van der Waals surface area contributed by atoms with Crippen molar-refractivity contribution in [2.75, 3.05) is 6.61 Å². The van der Waals surface area contributed by atoms with Gasteiger partial charge in [-0.25, -0.2) is 0 Å². The average molecular weight is 675 g/mol. The van der Waals surface area contributed by atoms with Gasteiger partial charge in [-0.15, -0.1) is 0 Å². The third-order valence-corrected chi connectivity index (χ3v) is 24.9. The van der Waals surface area contributed by atoms with Crippen LogP contribution >= 0.6 is 0 Å². The maximum Gasteiger partial charge on any atom is 0.311 e. The Morgan fingerprint density at radius 2 is 1.00 bits per heavy atom. The number of hydrogen-bond donors (Lipinski definition) is 0. The van der Waals surface area contributed by atoms with Crippen molar-refractivity contribution in [2.45, 2.75) is 183 Å². The van der Waals surface area contributed by atoms with Crippen molar-refractivity contribution in [3.8, 4) is 0 Å². The number of rotatable bonds is 24. The summed E-state index contributed by atoms with van der Waals surface area (Å²) in [5.41, 5.74) is -0.566. The Morgan fingerprint density at radius 3 is 1.34 bits per heavy atom. The summed E-state index contributed by atoms with van der Waals surface area (Å²) in [4.78, 5) is 25.2. The molecule has 0 aromatic carbocycles. The molecule has 0 N–H and O–H groups in total. The molecule has 0 aromatic rings. The molecule has 0 fully saturated rings. The zero-order valence-electron chi connectivity index (χ0n) is 31.8. The Balaban J connectivity index is 6.80. The first-order valence-electron chi connectivity index (χ1n) is 18.2. The summed E-state index contributed by atoms with van der Waals surface area (Å²) in [7, 11) is -5.97. The van der Waals surface area contributed by atoms with Gasteiger partial charge in [0, 0.05) is 11.8 Å². The van der Waals surface area contributed by atoms with E-state index in [1.165, 1.54) is 0 Å². The van der Waals surface area contributed by atoms with Gasteiger partial charge in [0.1, 0.15) is 12.9 Å². The van der Waals surface area contributed by atoms with Crippen molar-refractivity contribution < 1.29 is 27.6 Å². The summed E-state index contributed by atoms with van der Waals surface area (Å²) >= 11 is 0. The molecule has 0 aromatic heterocycles. The monoisotopic (exact) mass is 674 g/mol. The maximum absolute atomic E-state index is 12.9. The highest BCUT2D eigenvalue weighted by atomic mass is 28.4. The van der Waals surface area contributed by atoms with Crippen LogP contribution in [0.4, 0.5) is 0 Å². The lowest BCUT2D eigenvalue weighted by atomic mass is 9.83. The van der Waals surface area contributed by atoms with Crippen molar-refractivity contribution in [2.24, 2.45) is 23.2 Å². The van der Waals surface area contributed by atoms with Gasteiger partial charge in [0.25, 0.3) is 0 Å². The fourth-order valence-electron chi connectivity index (χ4n) is 6.71. The molecule has 0 amide bonds. The summed E-state index contributed by atoms with van der Waals surface area (Å²) in [6.45, 7) is 32.8. The second-order valence-corrected chi connectivity index (χ2v) is 28.7. The molecular formula is C35H74O6Si3. The van der Waals surface area contributed by atoms with Crippen LogP contribution in [-0.2, 0) is 27.6 Å². The molecule has 0 spiro atoms. The summed E-state index contributed by atoms with van der Waals surface area (Å²) in [6.07, 6.45) is 1.34. The van der Waals surface area contributed by atoms with Gasteiger partial charge in [0.2, 0.25) is 0 Å². The van der Waals surface area contributed by atoms with Gasteiger partial charge in [0.15, 0.2) is 25.0 Å². The van der Waals surface area contributed by atoms with E-state index in [1.54, 1.807) is 0 Å². The number of ether oxygens (including phenoxy) is 1. The van der Waals surface area contributed by atoms with Gasteiger partial charge in [-0.3, -0.25) is 4.79 Å². The number of esters is 1. The maximum atomic E-state index is 12.9. The van der Waals surface area contributed by atoms with E-state index in [4.69, 9.17) is 18.0 Å². The van der Waals surface area contributed by atoms with Gasteiger partial charge < -0.3 is 22.8 Å². The first kappa shape index (κ1) is 43.7. The third-order valence-electron chi connectivity index (χ3n) is 11.0. The second-order valence-electron chi connectivity index (χ2n) is 14.6. The zero-order valence-corrected chi connectivity index (χ0v) is 34.8. The molecule has 44 heavy (non-hydrogen) atoms. The normalized spacial score (nSPS) is 17.4. The molecule has 6 atom stereocenters. The van der Waals surface area contributed by atoms with E-state index in [0.29, 0.717) is 0 Å². The smallest absolute Gasteiger partial charge is 0.311 e. The minimum absolute atomic E-state index is 0.0292. The third kappa shape index (κ3) is 12.4. The van der Waals surface area contributed by atoms with E-state index in [-0.39, 0.29) is 48.6 Å². The average Bonchev–Trinajstić information content (AvgIpc) is 3.03. The molecule has 0 aliphatic heterocycles. The lowest BCUT2D eigenvalue weighted by Gasteiger charge is -2.45. The predicted octanol–water partition coefficient (Wildman–Crippen LogP) is 10.2. The van der Waals surface area contributed by atoms with Gasteiger partial charge in [-0.2, -0.15) is 0 Å². The highest BCUT2D eigenvalue weighted by molar-refractivity contribution is 6.74. The van der Waals surface area contributed by atoms with Crippen molar-refractivity contribution in [1.82, 2.24) is 0 Å². The van der Waals surface area contributed by atoms with Gasteiger partial charge in [0.05, 0.1) is 23.7 Å². The molecule has 0 aliphatic rings. The van der Waals surface area contributed by atoms with Crippen molar-refractivity contribution in [3.05, 3.63) is 0 Å². The molecule has 0 radical (unpaired) electrons. The summed E-state index contributed by atoms with van der Waals surface area (Å²) in [5.74, 6) is -0.259. The number of aldehydes is 1. The summed E-state index contributed by atoms with van der Waals surface area (Å²) < 4.78 is 27.5. The van der Waals surface area contributed by atoms with Gasteiger partial charge in [-0.05, 0) is 87.5 Å². The zero-order chi connectivity index (χ0) is 34.4. The Bertz CT molecular complexity index is 780. The summed E-state index contributed by atoms with van der Waals surface area (Å²) in [6, 6.07) is 9.42. The lowest BCUT2D eigenvalue weighted by Crippen LogP contribution is -2.52. The predicted molar refractivity (Wildman–Crippen MR) is 195 cm³/mol. The Kier molecular flexibility index (Phi) is 20.0. The van der Waals surface area contributed by atoms with Crippen LogP contribution in [0.1, 0.15) is 110 Å². The Labute approximate surface area is 276 Å². The summed E-state index contributed by atoms with van der Waals surface area (Å²) in [5, 5.41) is 0. The Hall–Kier alpha value is -0.329. The topological polar surface area (TPSA) is 71.1 Å². The first-order chi connectivity index (χ1) is 20.5. The van der Waals surface area contributed by atoms with E-state index in [0.717, 1.165) is 67.1 Å². The number of carbonyl (C=O) groups excluding carboxylic acids is 2. The van der Waals surface area contributed by atoms with Gasteiger partial charge in [-0.1, -0.05) is 83.1 Å². The number of hydrogen-bond acceptors (Lipinski definition) is 6. The molecule has 0 aliphatic carbocycles. The van der Waals surface area contributed by atoms with Crippen LogP contribution in [0.25, 0.3) is 0 Å². The number of carbonyl (C=O) groups is 2. The molecule has 0 bridgehead atoms. The quantitative estimate of drug-likeness (QED) is 0.0576. The molecule has 0 rings (SSSR count). The van der Waals surface area contributed by atoms with Gasteiger partial charge >= 0.3 is 5.97 Å². The van der Waals surface area contributed by atoms with Crippen LogP contribution in [0.2, 0.25) is 54.4 Å². The highest BCUT2D eigenvalue weighted by Crippen LogP contribution is 2.37. The largest absolute Gasteiger partial charge is 0.463 e. The molecule has 0 saturated carbocycles. The van der Waals surface area contributed by atoms with E-state index in [1.807, 2.05) is 27.7 Å².